The molecule has 0 aliphatic rings. The Labute approximate surface area is 191 Å². The number of methoxy groups -OCH3 is 1. The van der Waals surface area contributed by atoms with Crippen molar-refractivity contribution in [2.45, 2.75) is 18.4 Å². The van der Waals surface area contributed by atoms with Gasteiger partial charge < -0.3 is 9.64 Å². The van der Waals surface area contributed by atoms with Gasteiger partial charge in [0.2, 0.25) is 0 Å². The standard InChI is InChI=1S/C24H23FN2O5S/c1-16-4-13-21(33(30,31)26-20-11-9-19(25)10-12-20)14-22(16)23(28)27(2)15-17-5-7-18(8-6-17)24(29)32-3/h4-14,26H,15H2,1-3H3. The quantitative estimate of drug-likeness (QED) is 0.527. The number of aryl methyl sites for hydroxylation is 1. The Bertz CT molecular complexity index is 1270. The predicted molar refractivity (Wildman–Crippen MR) is 122 cm³/mol. The highest BCUT2D eigenvalue weighted by Crippen LogP contribution is 2.21. The SMILES string of the molecule is COC(=O)c1ccc(CN(C)C(=O)c2cc(S(=O)(=O)Nc3ccc(F)cc3)ccc2C)cc1. The van der Waals surface area contributed by atoms with Crippen molar-refractivity contribution < 1.29 is 27.1 Å². The van der Waals surface area contributed by atoms with Gasteiger partial charge in [-0.15, -0.1) is 0 Å². The first-order valence-electron chi connectivity index (χ1n) is 9.92. The monoisotopic (exact) mass is 470 g/mol. The Morgan fingerprint density at radius 2 is 1.64 bits per heavy atom. The Morgan fingerprint density at radius 3 is 2.24 bits per heavy atom. The van der Waals surface area contributed by atoms with Gasteiger partial charge in [-0.05, 0) is 66.6 Å². The lowest BCUT2D eigenvalue weighted by Gasteiger charge is -2.19. The van der Waals surface area contributed by atoms with E-state index in [1.807, 2.05) is 0 Å². The average Bonchev–Trinajstić information content (AvgIpc) is 2.80. The first-order chi connectivity index (χ1) is 15.6. The Kier molecular flexibility index (Phi) is 7.13. The number of carbonyl (C=O) groups is 2. The van der Waals surface area contributed by atoms with E-state index in [4.69, 9.17) is 0 Å². The number of esters is 1. The van der Waals surface area contributed by atoms with Crippen LogP contribution in [-0.2, 0) is 21.3 Å². The zero-order chi connectivity index (χ0) is 24.2. The van der Waals surface area contributed by atoms with Crippen molar-refractivity contribution in [2.24, 2.45) is 0 Å². The highest BCUT2D eigenvalue weighted by atomic mass is 32.2. The van der Waals surface area contributed by atoms with Gasteiger partial charge in [0.1, 0.15) is 5.82 Å². The fraction of sp³-hybridized carbons (Fsp3) is 0.167. The van der Waals surface area contributed by atoms with Crippen molar-refractivity contribution in [2.75, 3.05) is 18.9 Å². The lowest BCUT2D eigenvalue weighted by atomic mass is 10.1. The van der Waals surface area contributed by atoms with E-state index in [1.54, 1.807) is 44.3 Å². The van der Waals surface area contributed by atoms with E-state index >= 15 is 0 Å². The molecule has 0 saturated carbocycles. The maximum absolute atomic E-state index is 13.1. The number of rotatable bonds is 7. The minimum Gasteiger partial charge on any atom is -0.465 e. The number of ether oxygens (including phenoxy) is 1. The van der Waals surface area contributed by atoms with Crippen LogP contribution < -0.4 is 4.72 Å². The zero-order valence-corrected chi connectivity index (χ0v) is 19.1. The van der Waals surface area contributed by atoms with Crippen molar-refractivity contribution in [3.05, 3.63) is 94.8 Å². The molecule has 33 heavy (non-hydrogen) atoms. The number of sulfonamides is 1. The summed E-state index contributed by atoms with van der Waals surface area (Å²) in [6.07, 6.45) is 0. The molecule has 0 saturated heterocycles. The minimum atomic E-state index is -3.99. The topological polar surface area (TPSA) is 92.8 Å². The molecule has 0 spiro atoms. The summed E-state index contributed by atoms with van der Waals surface area (Å²) < 4.78 is 45.7. The van der Waals surface area contributed by atoms with E-state index in [1.165, 1.54) is 36.3 Å². The van der Waals surface area contributed by atoms with Crippen molar-refractivity contribution >= 4 is 27.6 Å². The number of nitrogens with one attached hydrogen (secondary N) is 1. The van der Waals surface area contributed by atoms with Crippen molar-refractivity contribution in [1.82, 2.24) is 4.90 Å². The van der Waals surface area contributed by atoms with Gasteiger partial charge in [-0.2, -0.15) is 0 Å². The first-order valence-corrected chi connectivity index (χ1v) is 11.4. The van der Waals surface area contributed by atoms with Crippen molar-refractivity contribution in [1.29, 1.82) is 0 Å². The normalized spacial score (nSPS) is 11.0. The molecule has 3 aromatic rings. The third kappa shape index (κ3) is 5.75. The van der Waals surface area contributed by atoms with Crippen LogP contribution in [0.15, 0.2) is 71.6 Å². The highest BCUT2D eigenvalue weighted by Gasteiger charge is 2.20. The Hall–Kier alpha value is -3.72. The molecule has 9 heteroatoms. The van der Waals surface area contributed by atoms with Crippen molar-refractivity contribution in [3.8, 4) is 0 Å². The van der Waals surface area contributed by atoms with Gasteiger partial charge in [-0.25, -0.2) is 17.6 Å². The van der Waals surface area contributed by atoms with Gasteiger partial charge in [0.15, 0.2) is 0 Å². The molecule has 3 rings (SSSR count). The molecule has 1 amide bonds. The van der Waals surface area contributed by atoms with E-state index in [-0.39, 0.29) is 28.6 Å². The summed E-state index contributed by atoms with van der Waals surface area (Å²) in [7, 11) is -1.08. The lowest BCUT2D eigenvalue weighted by Crippen LogP contribution is -2.27. The largest absolute Gasteiger partial charge is 0.465 e. The summed E-state index contributed by atoms with van der Waals surface area (Å²) in [6.45, 7) is 1.97. The Morgan fingerprint density at radius 1 is 1.00 bits per heavy atom. The summed E-state index contributed by atoms with van der Waals surface area (Å²) in [5, 5.41) is 0. The van der Waals surface area contributed by atoms with Crippen LogP contribution in [0.1, 0.15) is 31.8 Å². The molecule has 0 aliphatic carbocycles. The van der Waals surface area contributed by atoms with Crippen LogP contribution in [0.4, 0.5) is 10.1 Å². The number of halogens is 1. The number of amides is 1. The highest BCUT2D eigenvalue weighted by molar-refractivity contribution is 7.92. The number of hydrogen-bond donors (Lipinski definition) is 1. The molecule has 1 N–H and O–H groups in total. The molecule has 3 aromatic carbocycles. The third-order valence-electron chi connectivity index (χ3n) is 4.99. The van der Waals surface area contributed by atoms with Gasteiger partial charge in [0.05, 0.1) is 17.6 Å². The van der Waals surface area contributed by atoms with Crippen LogP contribution in [0.25, 0.3) is 0 Å². The van der Waals surface area contributed by atoms with Gasteiger partial charge in [0, 0.05) is 24.8 Å². The van der Waals surface area contributed by atoms with E-state index < -0.39 is 21.8 Å². The average molecular weight is 471 g/mol. The maximum Gasteiger partial charge on any atom is 0.337 e. The van der Waals surface area contributed by atoms with E-state index in [9.17, 15) is 22.4 Å². The summed E-state index contributed by atoms with van der Waals surface area (Å²) >= 11 is 0. The van der Waals surface area contributed by atoms with Crippen LogP contribution in [0.2, 0.25) is 0 Å². The van der Waals surface area contributed by atoms with Crippen LogP contribution in [-0.4, -0.2) is 39.4 Å². The second-order valence-corrected chi connectivity index (χ2v) is 9.12. The van der Waals surface area contributed by atoms with Gasteiger partial charge in [0.25, 0.3) is 15.9 Å². The molecule has 0 unspecified atom stereocenters. The fourth-order valence-electron chi connectivity index (χ4n) is 3.15. The summed E-state index contributed by atoms with van der Waals surface area (Å²) in [6, 6.07) is 15.9. The first kappa shape index (κ1) is 23.9. The number of hydrogen-bond acceptors (Lipinski definition) is 5. The Balaban J connectivity index is 1.79. The molecule has 0 aliphatic heterocycles. The molecular weight excluding hydrogens is 447 g/mol. The molecule has 172 valence electrons. The summed E-state index contributed by atoms with van der Waals surface area (Å²) in [4.78, 5) is 26.0. The number of benzene rings is 3. The van der Waals surface area contributed by atoms with Crippen LogP contribution in [0, 0.1) is 12.7 Å². The van der Waals surface area contributed by atoms with E-state index in [2.05, 4.69) is 9.46 Å². The molecular formula is C24H23FN2O5S. The third-order valence-corrected chi connectivity index (χ3v) is 6.37. The molecule has 0 aromatic heterocycles. The van der Waals surface area contributed by atoms with Crippen LogP contribution in [0.3, 0.4) is 0 Å². The van der Waals surface area contributed by atoms with Crippen LogP contribution in [0.5, 0.6) is 0 Å². The van der Waals surface area contributed by atoms with Gasteiger partial charge in [-0.3, -0.25) is 9.52 Å². The lowest BCUT2D eigenvalue weighted by molar-refractivity contribution is 0.0600. The smallest absolute Gasteiger partial charge is 0.337 e. The predicted octanol–water partition coefficient (Wildman–Crippen LogP) is 3.99. The molecule has 0 heterocycles. The summed E-state index contributed by atoms with van der Waals surface area (Å²) in [5.74, 6) is -1.29. The fourth-order valence-corrected chi connectivity index (χ4v) is 4.23. The second-order valence-electron chi connectivity index (χ2n) is 7.44. The molecule has 7 nitrogen and oxygen atoms in total. The minimum absolute atomic E-state index is 0.0865. The molecule has 0 atom stereocenters. The van der Waals surface area contributed by atoms with Gasteiger partial charge in [-0.1, -0.05) is 18.2 Å². The molecule has 0 radical (unpaired) electrons. The number of anilines is 1. The van der Waals surface area contributed by atoms with Crippen LogP contribution >= 0.6 is 0 Å². The zero-order valence-electron chi connectivity index (χ0n) is 18.3. The van der Waals surface area contributed by atoms with E-state index in [0.717, 1.165) is 17.7 Å². The van der Waals surface area contributed by atoms with Crippen molar-refractivity contribution in [3.63, 3.8) is 0 Å². The van der Waals surface area contributed by atoms with E-state index in [0.29, 0.717) is 11.1 Å². The van der Waals surface area contributed by atoms with Gasteiger partial charge >= 0.3 is 5.97 Å². The molecule has 0 bridgehead atoms. The summed E-state index contributed by atoms with van der Waals surface area (Å²) in [5.41, 5.74) is 2.26. The molecule has 0 fully saturated rings. The maximum atomic E-state index is 13.1. The number of nitrogens with zero attached hydrogens (tertiary/aromatic N) is 1. The second kappa shape index (κ2) is 9.83. The number of carbonyl (C=O) groups excluding carboxylic acids is 2.